The second kappa shape index (κ2) is 8.17. The highest BCUT2D eigenvalue weighted by Gasteiger charge is 2.16. The average molecular weight is 378 g/mol. The van der Waals surface area contributed by atoms with Gasteiger partial charge in [-0.05, 0) is 49.7 Å². The molecular formula is C20H18N4O4. The van der Waals surface area contributed by atoms with Crippen LogP contribution in [0.5, 0.6) is 0 Å². The lowest BCUT2D eigenvalue weighted by molar-refractivity contribution is -0.385. The first kappa shape index (κ1) is 18.8. The van der Waals surface area contributed by atoms with Crippen molar-refractivity contribution in [3.8, 4) is 11.3 Å². The number of aryl methyl sites for hydroxylation is 2. The van der Waals surface area contributed by atoms with Crippen LogP contribution < -0.4 is 10.7 Å². The van der Waals surface area contributed by atoms with Gasteiger partial charge in [-0.15, -0.1) is 0 Å². The number of amides is 2. The predicted octanol–water partition coefficient (Wildman–Crippen LogP) is 4.63. The van der Waals surface area contributed by atoms with Crippen molar-refractivity contribution in [3.05, 3.63) is 81.6 Å². The number of hydrogen-bond donors (Lipinski definition) is 2. The van der Waals surface area contributed by atoms with E-state index in [2.05, 4.69) is 15.8 Å². The van der Waals surface area contributed by atoms with Crippen LogP contribution in [0.1, 0.15) is 16.9 Å². The van der Waals surface area contributed by atoms with Gasteiger partial charge in [0.05, 0.1) is 11.1 Å². The Morgan fingerprint density at radius 3 is 2.57 bits per heavy atom. The Bertz CT molecular complexity index is 1040. The number of urea groups is 1. The number of benzene rings is 2. The molecule has 0 radical (unpaired) electrons. The van der Waals surface area contributed by atoms with Gasteiger partial charge in [-0.1, -0.05) is 18.2 Å². The van der Waals surface area contributed by atoms with Crippen molar-refractivity contribution in [1.29, 1.82) is 0 Å². The minimum Gasteiger partial charge on any atom is -0.455 e. The van der Waals surface area contributed by atoms with Gasteiger partial charge in [0.15, 0.2) is 0 Å². The second-order valence-corrected chi connectivity index (χ2v) is 6.10. The number of nitro groups is 1. The molecule has 0 unspecified atom stereocenters. The summed E-state index contributed by atoms with van der Waals surface area (Å²) in [5.41, 5.74) is 5.11. The van der Waals surface area contributed by atoms with Crippen LogP contribution in [0, 0.1) is 24.0 Å². The van der Waals surface area contributed by atoms with Crippen molar-refractivity contribution in [2.24, 2.45) is 5.10 Å². The first-order chi connectivity index (χ1) is 13.4. The Hall–Kier alpha value is -3.94. The molecule has 0 aliphatic rings. The number of anilines is 1. The van der Waals surface area contributed by atoms with Crippen molar-refractivity contribution in [3.63, 3.8) is 0 Å². The summed E-state index contributed by atoms with van der Waals surface area (Å²) in [5.74, 6) is 0.883. The number of para-hydroxylation sites is 1. The molecule has 0 fully saturated rings. The number of nitrogens with one attached hydrogen (secondary N) is 2. The molecule has 2 aromatic carbocycles. The van der Waals surface area contributed by atoms with Crippen LogP contribution in [0.3, 0.4) is 0 Å². The maximum Gasteiger partial charge on any atom is 0.339 e. The molecule has 28 heavy (non-hydrogen) atoms. The Morgan fingerprint density at radius 2 is 1.86 bits per heavy atom. The van der Waals surface area contributed by atoms with E-state index in [1.54, 1.807) is 49.4 Å². The minimum absolute atomic E-state index is 0.0338. The van der Waals surface area contributed by atoms with Gasteiger partial charge in [-0.3, -0.25) is 10.1 Å². The number of nitro benzene ring substituents is 1. The summed E-state index contributed by atoms with van der Waals surface area (Å²) in [6, 6.07) is 15.1. The molecule has 1 aromatic heterocycles. The van der Waals surface area contributed by atoms with Crippen LogP contribution in [0.4, 0.5) is 16.2 Å². The highest BCUT2D eigenvalue weighted by Crippen LogP contribution is 2.31. The fraction of sp³-hybridized carbons (Fsp3) is 0.100. The maximum absolute atomic E-state index is 11.8. The molecule has 2 amide bonds. The largest absolute Gasteiger partial charge is 0.455 e. The van der Waals surface area contributed by atoms with Gasteiger partial charge in [0, 0.05) is 22.9 Å². The molecule has 0 saturated heterocycles. The van der Waals surface area contributed by atoms with E-state index in [9.17, 15) is 14.9 Å². The van der Waals surface area contributed by atoms with Gasteiger partial charge in [-0.25, -0.2) is 10.2 Å². The van der Waals surface area contributed by atoms with Crippen LogP contribution in [-0.4, -0.2) is 17.2 Å². The molecule has 0 atom stereocenters. The van der Waals surface area contributed by atoms with Gasteiger partial charge in [0.1, 0.15) is 11.5 Å². The number of carbonyl (C=O) groups excluding carboxylic acids is 1. The maximum atomic E-state index is 11.8. The Morgan fingerprint density at radius 1 is 1.11 bits per heavy atom. The highest BCUT2D eigenvalue weighted by molar-refractivity contribution is 5.90. The molecule has 142 valence electrons. The molecule has 1 heterocycles. The number of carbonyl (C=O) groups is 1. The van der Waals surface area contributed by atoms with Crippen molar-refractivity contribution in [2.45, 2.75) is 13.8 Å². The second-order valence-electron chi connectivity index (χ2n) is 6.10. The van der Waals surface area contributed by atoms with E-state index in [4.69, 9.17) is 4.42 Å². The zero-order chi connectivity index (χ0) is 20.1. The lowest BCUT2D eigenvalue weighted by atomic mass is 10.0. The first-order valence-electron chi connectivity index (χ1n) is 8.45. The van der Waals surface area contributed by atoms with E-state index in [1.165, 1.54) is 12.3 Å². The standard InChI is InChI=1S/C20H18N4O4/c1-13-10-14(2)18(24(26)27)11-17(13)19-9-8-16(28-19)12-21-23-20(25)22-15-6-4-3-5-7-15/h3-12H,1-2H3,(H2,22,23,25)/b21-12-. The van der Waals surface area contributed by atoms with Gasteiger partial charge >= 0.3 is 6.03 Å². The number of rotatable bonds is 5. The molecule has 3 rings (SSSR count). The van der Waals surface area contributed by atoms with Crippen molar-refractivity contribution >= 4 is 23.6 Å². The SMILES string of the molecule is Cc1cc(C)c([N+](=O)[O-])cc1-c1ccc(/C=N\NC(=O)Nc2ccccc2)o1. The average Bonchev–Trinajstić information content (AvgIpc) is 3.11. The molecule has 8 nitrogen and oxygen atoms in total. The quantitative estimate of drug-likeness (QED) is 0.383. The molecule has 0 spiro atoms. The molecular weight excluding hydrogens is 360 g/mol. The van der Waals surface area contributed by atoms with Crippen LogP contribution in [0.15, 0.2) is 64.1 Å². The predicted molar refractivity (Wildman–Crippen MR) is 106 cm³/mol. The third-order valence-corrected chi connectivity index (χ3v) is 4.02. The third-order valence-electron chi connectivity index (χ3n) is 4.02. The lowest BCUT2D eigenvalue weighted by Gasteiger charge is -2.05. The Balaban J connectivity index is 1.69. The van der Waals surface area contributed by atoms with E-state index < -0.39 is 11.0 Å². The molecule has 8 heteroatoms. The molecule has 3 aromatic rings. The summed E-state index contributed by atoms with van der Waals surface area (Å²) in [4.78, 5) is 22.5. The zero-order valence-corrected chi connectivity index (χ0v) is 15.3. The van der Waals surface area contributed by atoms with Crippen LogP contribution in [0.2, 0.25) is 0 Å². The smallest absolute Gasteiger partial charge is 0.339 e. The summed E-state index contributed by atoms with van der Waals surface area (Å²) in [7, 11) is 0. The fourth-order valence-corrected chi connectivity index (χ4v) is 2.71. The van der Waals surface area contributed by atoms with Gasteiger partial charge in [0.2, 0.25) is 0 Å². The third kappa shape index (κ3) is 4.42. The number of nitrogens with zero attached hydrogens (tertiary/aromatic N) is 2. The summed E-state index contributed by atoms with van der Waals surface area (Å²) in [6.07, 6.45) is 1.35. The van der Waals surface area contributed by atoms with E-state index in [0.29, 0.717) is 28.3 Å². The number of hydrazone groups is 1. The summed E-state index contributed by atoms with van der Waals surface area (Å²) < 4.78 is 5.68. The van der Waals surface area contributed by atoms with Gasteiger partial charge < -0.3 is 9.73 Å². The first-order valence-corrected chi connectivity index (χ1v) is 8.45. The summed E-state index contributed by atoms with van der Waals surface area (Å²) >= 11 is 0. The molecule has 0 saturated carbocycles. The van der Waals surface area contributed by atoms with Gasteiger partial charge in [-0.2, -0.15) is 5.10 Å². The minimum atomic E-state index is -0.487. The molecule has 2 N–H and O–H groups in total. The number of hydrogen-bond acceptors (Lipinski definition) is 5. The van der Waals surface area contributed by atoms with E-state index in [0.717, 1.165) is 5.56 Å². The molecule has 0 aliphatic carbocycles. The zero-order valence-electron chi connectivity index (χ0n) is 15.3. The number of furan rings is 1. The lowest BCUT2D eigenvalue weighted by Crippen LogP contribution is -2.24. The Kier molecular flexibility index (Phi) is 5.50. The normalized spacial score (nSPS) is 10.8. The molecule has 0 aliphatic heterocycles. The van der Waals surface area contributed by atoms with Crippen LogP contribution in [0.25, 0.3) is 11.3 Å². The Labute approximate surface area is 161 Å². The summed E-state index contributed by atoms with van der Waals surface area (Å²) in [5, 5.41) is 17.6. The molecule has 0 bridgehead atoms. The van der Waals surface area contributed by atoms with Crippen molar-refractivity contribution in [2.75, 3.05) is 5.32 Å². The van der Waals surface area contributed by atoms with E-state index >= 15 is 0 Å². The van der Waals surface area contributed by atoms with Crippen molar-refractivity contribution < 1.29 is 14.1 Å². The van der Waals surface area contributed by atoms with Crippen LogP contribution in [-0.2, 0) is 0 Å². The summed E-state index contributed by atoms with van der Waals surface area (Å²) in [6.45, 7) is 3.55. The van der Waals surface area contributed by atoms with E-state index in [1.807, 2.05) is 13.0 Å². The van der Waals surface area contributed by atoms with Gasteiger partial charge in [0.25, 0.3) is 5.69 Å². The fourth-order valence-electron chi connectivity index (χ4n) is 2.71. The highest BCUT2D eigenvalue weighted by atomic mass is 16.6. The van der Waals surface area contributed by atoms with Crippen molar-refractivity contribution in [1.82, 2.24) is 5.43 Å². The van der Waals surface area contributed by atoms with E-state index in [-0.39, 0.29) is 5.69 Å². The van der Waals surface area contributed by atoms with Crippen LogP contribution >= 0.6 is 0 Å². The monoisotopic (exact) mass is 378 g/mol. The topological polar surface area (TPSA) is 110 Å².